The topological polar surface area (TPSA) is 20.3 Å². The summed E-state index contributed by atoms with van der Waals surface area (Å²) >= 11 is 3.15. The molecule has 0 fully saturated rings. The first-order chi connectivity index (χ1) is 7.29. The second kappa shape index (κ2) is 4.86. The molecule has 6 heteroatoms. The SMILES string of the molecule is CN(CC(F)(F)F)C(=O)c1cccc(Br)c1. The van der Waals surface area contributed by atoms with Crippen molar-refractivity contribution in [3.05, 3.63) is 34.3 Å². The number of carbonyl (C=O) groups excluding carboxylic acids is 1. The average Bonchev–Trinajstić information content (AvgIpc) is 2.14. The highest BCUT2D eigenvalue weighted by molar-refractivity contribution is 9.10. The van der Waals surface area contributed by atoms with E-state index in [2.05, 4.69) is 15.9 Å². The predicted octanol–water partition coefficient (Wildman–Crippen LogP) is 3.08. The van der Waals surface area contributed by atoms with Crippen molar-refractivity contribution in [2.45, 2.75) is 6.18 Å². The quantitative estimate of drug-likeness (QED) is 0.821. The minimum Gasteiger partial charge on any atom is -0.333 e. The number of hydrogen-bond donors (Lipinski definition) is 0. The van der Waals surface area contributed by atoms with E-state index < -0.39 is 18.6 Å². The van der Waals surface area contributed by atoms with E-state index in [-0.39, 0.29) is 5.56 Å². The van der Waals surface area contributed by atoms with Crippen molar-refractivity contribution >= 4 is 21.8 Å². The van der Waals surface area contributed by atoms with Gasteiger partial charge in [-0.1, -0.05) is 22.0 Å². The molecule has 0 bridgehead atoms. The van der Waals surface area contributed by atoms with E-state index in [0.29, 0.717) is 9.37 Å². The molecule has 1 rings (SSSR count). The number of hydrogen-bond acceptors (Lipinski definition) is 1. The van der Waals surface area contributed by atoms with Gasteiger partial charge in [-0.3, -0.25) is 4.79 Å². The molecule has 0 saturated heterocycles. The first-order valence-electron chi connectivity index (χ1n) is 4.37. The zero-order valence-corrected chi connectivity index (χ0v) is 9.97. The van der Waals surface area contributed by atoms with Gasteiger partial charge in [-0.05, 0) is 18.2 Å². The molecular formula is C10H9BrF3NO. The normalized spacial score (nSPS) is 11.3. The smallest absolute Gasteiger partial charge is 0.333 e. The third-order valence-electron chi connectivity index (χ3n) is 1.83. The van der Waals surface area contributed by atoms with Gasteiger partial charge in [-0.2, -0.15) is 13.2 Å². The van der Waals surface area contributed by atoms with Crippen LogP contribution in [0.2, 0.25) is 0 Å². The molecule has 0 saturated carbocycles. The van der Waals surface area contributed by atoms with Crippen LogP contribution < -0.4 is 0 Å². The van der Waals surface area contributed by atoms with Gasteiger partial charge in [0, 0.05) is 17.1 Å². The standard InChI is InChI=1S/C10H9BrF3NO/c1-15(6-10(12,13)14)9(16)7-3-2-4-8(11)5-7/h2-5H,6H2,1H3. The fraction of sp³-hybridized carbons (Fsp3) is 0.300. The summed E-state index contributed by atoms with van der Waals surface area (Å²) < 4.78 is 36.8. The molecule has 16 heavy (non-hydrogen) atoms. The molecule has 88 valence electrons. The average molecular weight is 296 g/mol. The largest absolute Gasteiger partial charge is 0.406 e. The van der Waals surface area contributed by atoms with Crippen molar-refractivity contribution in [3.63, 3.8) is 0 Å². The van der Waals surface area contributed by atoms with Crippen LogP contribution in [-0.4, -0.2) is 30.6 Å². The van der Waals surface area contributed by atoms with Crippen molar-refractivity contribution in [2.75, 3.05) is 13.6 Å². The monoisotopic (exact) mass is 295 g/mol. The lowest BCUT2D eigenvalue weighted by Crippen LogP contribution is -2.35. The van der Waals surface area contributed by atoms with Crippen LogP contribution in [0.4, 0.5) is 13.2 Å². The molecule has 1 amide bonds. The number of amides is 1. The van der Waals surface area contributed by atoms with Crippen LogP contribution in [0.25, 0.3) is 0 Å². The molecule has 0 radical (unpaired) electrons. The Labute approximate surface area is 99.2 Å². The minimum atomic E-state index is -4.38. The summed E-state index contributed by atoms with van der Waals surface area (Å²) in [5.41, 5.74) is 0.223. The predicted molar refractivity (Wildman–Crippen MR) is 57.2 cm³/mol. The molecule has 0 aliphatic carbocycles. The zero-order valence-electron chi connectivity index (χ0n) is 8.38. The first kappa shape index (κ1) is 13.0. The van der Waals surface area contributed by atoms with Gasteiger partial charge < -0.3 is 4.90 Å². The van der Waals surface area contributed by atoms with Crippen molar-refractivity contribution in [1.82, 2.24) is 4.90 Å². The summed E-state index contributed by atoms with van der Waals surface area (Å²) in [5.74, 6) is -0.654. The summed E-state index contributed by atoms with van der Waals surface area (Å²) in [5, 5.41) is 0. The second-order valence-corrected chi connectivity index (χ2v) is 4.20. The van der Waals surface area contributed by atoms with Gasteiger partial charge in [0.05, 0.1) is 0 Å². The van der Waals surface area contributed by atoms with Gasteiger partial charge >= 0.3 is 6.18 Å². The molecule has 1 aromatic rings. The molecular weight excluding hydrogens is 287 g/mol. The van der Waals surface area contributed by atoms with Gasteiger partial charge in [-0.25, -0.2) is 0 Å². The van der Waals surface area contributed by atoms with Crippen LogP contribution in [0, 0.1) is 0 Å². The van der Waals surface area contributed by atoms with E-state index in [1.807, 2.05) is 0 Å². The number of carbonyl (C=O) groups is 1. The Morgan fingerprint density at radius 3 is 2.56 bits per heavy atom. The number of nitrogens with zero attached hydrogens (tertiary/aromatic N) is 1. The van der Waals surface area contributed by atoms with E-state index in [1.54, 1.807) is 12.1 Å². The highest BCUT2D eigenvalue weighted by Gasteiger charge is 2.31. The van der Waals surface area contributed by atoms with Crippen molar-refractivity contribution in [3.8, 4) is 0 Å². The number of benzene rings is 1. The highest BCUT2D eigenvalue weighted by atomic mass is 79.9. The third-order valence-corrected chi connectivity index (χ3v) is 2.33. The molecule has 0 aliphatic heterocycles. The maximum absolute atomic E-state index is 12.1. The number of halogens is 4. The Kier molecular flexibility index (Phi) is 3.96. The summed E-state index contributed by atoms with van der Waals surface area (Å²) in [6.07, 6.45) is -4.38. The molecule has 2 nitrogen and oxygen atoms in total. The third kappa shape index (κ3) is 3.84. The molecule has 0 spiro atoms. The Bertz CT molecular complexity index is 392. The van der Waals surface area contributed by atoms with Gasteiger partial charge in [0.1, 0.15) is 6.54 Å². The van der Waals surface area contributed by atoms with Crippen molar-refractivity contribution in [2.24, 2.45) is 0 Å². The van der Waals surface area contributed by atoms with E-state index in [1.165, 1.54) is 12.1 Å². The van der Waals surface area contributed by atoms with Crippen molar-refractivity contribution in [1.29, 1.82) is 0 Å². The van der Waals surface area contributed by atoms with Crippen LogP contribution in [0.3, 0.4) is 0 Å². The molecule has 0 atom stereocenters. The van der Waals surface area contributed by atoms with Gasteiger partial charge in [-0.15, -0.1) is 0 Å². The maximum Gasteiger partial charge on any atom is 0.406 e. The van der Waals surface area contributed by atoms with E-state index in [0.717, 1.165) is 7.05 Å². The van der Waals surface area contributed by atoms with Crippen LogP contribution in [0.15, 0.2) is 28.7 Å². The van der Waals surface area contributed by atoms with Crippen LogP contribution in [0.5, 0.6) is 0 Å². The van der Waals surface area contributed by atoms with Gasteiger partial charge in [0.2, 0.25) is 0 Å². The molecule has 0 N–H and O–H groups in total. The lowest BCUT2D eigenvalue weighted by atomic mass is 10.2. The van der Waals surface area contributed by atoms with E-state index >= 15 is 0 Å². The summed E-state index contributed by atoms with van der Waals surface area (Å²) in [4.78, 5) is 12.2. The molecule has 0 aliphatic rings. The summed E-state index contributed by atoms with van der Waals surface area (Å²) in [7, 11) is 1.12. The fourth-order valence-electron chi connectivity index (χ4n) is 1.18. The van der Waals surface area contributed by atoms with Crippen LogP contribution in [-0.2, 0) is 0 Å². The van der Waals surface area contributed by atoms with E-state index in [4.69, 9.17) is 0 Å². The number of alkyl halides is 3. The molecule has 0 unspecified atom stereocenters. The minimum absolute atomic E-state index is 0.223. The molecule has 1 aromatic carbocycles. The molecule has 0 heterocycles. The first-order valence-corrected chi connectivity index (χ1v) is 5.17. The number of rotatable bonds is 2. The van der Waals surface area contributed by atoms with Gasteiger partial charge in [0.15, 0.2) is 0 Å². The Morgan fingerprint density at radius 1 is 1.44 bits per heavy atom. The highest BCUT2D eigenvalue weighted by Crippen LogP contribution is 2.18. The Hall–Kier alpha value is -1.04. The van der Waals surface area contributed by atoms with Crippen molar-refractivity contribution < 1.29 is 18.0 Å². The van der Waals surface area contributed by atoms with Gasteiger partial charge in [0.25, 0.3) is 5.91 Å². The maximum atomic E-state index is 12.1. The summed E-state index contributed by atoms with van der Waals surface area (Å²) in [6, 6.07) is 6.24. The summed E-state index contributed by atoms with van der Waals surface area (Å²) in [6.45, 7) is -1.25. The Balaban J connectivity index is 2.78. The lowest BCUT2D eigenvalue weighted by molar-refractivity contribution is -0.138. The molecule has 0 aromatic heterocycles. The fourth-order valence-corrected chi connectivity index (χ4v) is 1.58. The zero-order chi connectivity index (χ0) is 12.3. The Morgan fingerprint density at radius 2 is 2.06 bits per heavy atom. The van der Waals surface area contributed by atoms with E-state index in [9.17, 15) is 18.0 Å². The van der Waals surface area contributed by atoms with Crippen LogP contribution in [0.1, 0.15) is 10.4 Å². The van der Waals surface area contributed by atoms with Crippen LogP contribution >= 0.6 is 15.9 Å². The second-order valence-electron chi connectivity index (χ2n) is 3.29. The lowest BCUT2D eigenvalue weighted by Gasteiger charge is -2.18.